The predicted octanol–water partition coefficient (Wildman–Crippen LogP) is 3.22. The van der Waals surface area contributed by atoms with Gasteiger partial charge in [0.25, 0.3) is 15.9 Å². The summed E-state index contributed by atoms with van der Waals surface area (Å²) >= 11 is 0. The van der Waals surface area contributed by atoms with Crippen LogP contribution in [0.25, 0.3) is 0 Å². The number of hydrogen-bond donors (Lipinski definition) is 2. The van der Waals surface area contributed by atoms with Crippen LogP contribution in [0.2, 0.25) is 0 Å². The van der Waals surface area contributed by atoms with Gasteiger partial charge in [-0.2, -0.15) is 0 Å². The fourth-order valence-electron chi connectivity index (χ4n) is 2.73. The molecule has 0 aliphatic heterocycles. The number of methoxy groups -OCH3 is 1. The number of anilines is 1. The normalized spacial score (nSPS) is 10.9. The average molecular weight is 442 g/mol. The number of ether oxygens (including phenoxy) is 2. The van der Waals surface area contributed by atoms with E-state index < -0.39 is 10.0 Å². The number of carbonyl (C=O) groups excluding carboxylic acids is 1. The summed E-state index contributed by atoms with van der Waals surface area (Å²) in [6, 6.07) is 15.8. The van der Waals surface area contributed by atoms with E-state index in [4.69, 9.17) is 9.47 Å². The summed E-state index contributed by atoms with van der Waals surface area (Å²) in [5, 5.41) is 2.79. The summed E-state index contributed by atoms with van der Waals surface area (Å²) in [7, 11) is -2.25. The maximum Gasteiger partial charge on any atom is 0.261 e. The largest absolute Gasteiger partial charge is 0.497 e. The van der Waals surface area contributed by atoms with Gasteiger partial charge in [-0.1, -0.05) is 0 Å². The third-order valence-electron chi connectivity index (χ3n) is 4.31. The summed E-state index contributed by atoms with van der Waals surface area (Å²) in [4.78, 5) is 16.5. The number of carbonyl (C=O) groups is 1. The molecule has 1 heterocycles. The summed E-state index contributed by atoms with van der Waals surface area (Å²) in [5.74, 6) is 0.800. The highest BCUT2D eigenvalue weighted by atomic mass is 32.2. The summed E-state index contributed by atoms with van der Waals surface area (Å²) in [5.41, 5.74) is 1.60. The quantitative estimate of drug-likeness (QED) is 0.528. The number of sulfonamides is 1. The van der Waals surface area contributed by atoms with Gasteiger partial charge >= 0.3 is 0 Å². The molecule has 8 nitrogen and oxygen atoms in total. The SMILES string of the molecule is CCOc1cc(CNC(=O)c2ccc(S(=O)(=O)Nc3ccc(OC)cc3)cc2)ccn1. The van der Waals surface area contributed by atoms with Crippen LogP contribution in [0, 0.1) is 0 Å². The van der Waals surface area contributed by atoms with E-state index in [-0.39, 0.29) is 10.8 Å². The summed E-state index contributed by atoms with van der Waals surface area (Å²) in [6.45, 7) is 2.67. The second-order valence-corrected chi connectivity index (χ2v) is 8.16. The smallest absolute Gasteiger partial charge is 0.261 e. The number of amides is 1. The molecule has 1 amide bonds. The Morgan fingerprint density at radius 3 is 2.39 bits per heavy atom. The van der Waals surface area contributed by atoms with Crippen molar-refractivity contribution in [2.24, 2.45) is 0 Å². The van der Waals surface area contributed by atoms with Crippen molar-refractivity contribution in [2.45, 2.75) is 18.4 Å². The lowest BCUT2D eigenvalue weighted by Gasteiger charge is -2.10. The molecule has 2 aromatic carbocycles. The van der Waals surface area contributed by atoms with Gasteiger partial charge in [0.1, 0.15) is 5.75 Å². The highest BCUT2D eigenvalue weighted by Gasteiger charge is 2.15. The van der Waals surface area contributed by atoms with Gasteiger partial charge in [0.2, 0.25) is 5.88 Å². The Balaban J connectivity index is 1.63. The minimum Gasteiger partial charge on any atom is -0.497 e. The van der Waals surface area contributed by atoms with Gasteiger partial charge in [0, 0.05) is 30.1 Å². The third-order valence-corrected chi connectivity index (χ3v) is 5.71. The highest BCUT2D eigenvalue weighted by molar-refractivity contribution is 7.92. The molecule has 0 saturated carbocycles. The Hall–Kier alpha value is -3.59. The number of pyridine rings is 1. The van der Waals surface area contributed by atoms with E-state index in [0.29, 0.717) is 36.0 Å². The van der Waals surface area contributed by atoms with Crippen molar-refractivity contribution < 1.29 is 22.7 Å². The van der Waals surface area contributed by atoms with Crippen molar-refractivity contribution in [3.63, 3.8) is 0 Å². The second-order valence-electron chi connectivity index (χ2n) is 6.48. The van der Waals surface area contributed by atoms with Crippen LogP contribution in [-0.4, -0.2) is 33.0 Å². The summed E-state index contributed by atoms with van der Waals surface area (Å²) in [6.07, 6.45) is 1.61. The van der Waals surface area contributed by atoms with Gasteiger partial charge in [-0.25, -0.2) is 13.4 Å². The van der Waals surface area contributed by atoms with Gasteiger partial charge in [-0.05, 0) is 67.1 Å². The first-order valence-corrected chi connectivity index (χ1v) is 11.0. The van der Waals surface area contributed by atoms with Crippen LogP contribution < -0.4 is 19.5 Å². The van der Waals surface area contributed by atoms with Gasteiger partial charge < -0.3 is 14.8 Å². The first kappa shape index (κ1) is 22.1. The Bertz CT molecular complexity index is 1130. The van der Waals surface area contributed by atoms with Crippen molar-refractivity contribution in [2.75, 3.05) is 18.4 Å². The topological polar surface area (TPSA) is 107 Å². The predicted molar refractivity (Wildman–Crippen MR) is 117 cm³/mol. The molecule has 0 bridgehead atoms. The maximum absolute atomic E-state index is 12.6. The molecule has 0 saturated heterocycles. The first-order chi connectivity index (χ1) is 14.9. The molecule has 0 atom stereocenters. The molecular weight excluding hydrogens is 418 g/mol. The molecule has 2 N–H and O–H groups in total. The molecule has 1 aromatic heterocycles. The molecule has 0 aliphatic rings. The Morgan fingerprint density at radius 2 is 1.74 bits per heavy atom. The Labute approximate surface area is 181 Å². The van der Waals surface area contributed by atoms with Gasteiger partial charge in [-0.3, -0.25) is 9.52 Å². The molecule has 0 radical (unpaired) electrons. The fourth-order valence-corrected chi connectivity index (χ4v) is 3.79. The second kappa shape index (κ2) is 9.94. The van der Waals surface area contributed by atoms with E-state index in [0.717, 1.165) is 5.56 Å². The monoisotopic (exact) mass is 441 g/mol. The fraction of sp³-hybridized carbons (Fsp3) is 0.182. The zero-order chi connectivity index (χ0) is 22.3. The van der Waals surface area contributed by atoms with E-state index in [1.54, 1.807) is 42.6 Å². The van der Waals surface area contributed by atoms with Crippen molar-refractivity contribution in [3.8, 4) is 11.6 Å². The van der Waals surface area contributed by atoms with Crippen molar-refractivity contribution in [1.29, 1.82) is 0 Å². The third kappa shape index (κ3) is 5.95. The standard InChI is InChI=1S/C22H23N3O5S/c1-3-30-21-14-16(12-13-23-21)15-24-22(26)17-4-10-20(11-5-17)31(27,28)25-18-6-8-19(29-2)9-7-18/h4-14,25H,3,15H2,1-2H3,(H,24,26). The Morgan fingerprint density at radius 1 is 1.03 bits per heavy atom. The molecule has 3 rings (SSSR count). The number of benzene rings is 2. The van der Waals surface area contributed by atoms with E-state index in [9.17, 15) is 13.2 Å². The highest BCUT2D eigenvalue weighted by Crippen LogP contribution is 2.19. The summed E-state index contributed by atoms with van der Waals surface area (Å²) < 4.78 is 38.0. The van der Waals surface area contributed by atoms with Crippen LogP contribution in [-0.2, 0) is 16.6 Å². The molecule has 0 unspecified atom stereocenters. The first-order valence-electron chi connectivity index (χ1n) is 9.54. The van der Waals surface area contributed by atoms with Crippen molar-refractivity contribution in [3.05, 3.63) is 78.0 Å². The zero-order valence-corrected chi connectivity index (χ0v) is 18.0. The molecular formula is C22H23N3O5S. The molecule has 162 valence electrons. The van der Waals surface area contributed by atoms with Crippen LogP contribution in [0.5, 0.6) is 11.6 Å². The average Bonchev–Trinajstić information content (AvgIpc) is 2.78. The molecule has 31 heavy (non-hydrogen) atoms. The minimum absolute atomic E-state index is 0.0513. The lowest BCUT2D eigenvalue weighted by atomic mass is 10.2. The van der Waals surface area contributed by atoms with Gasteiger partial charge in [0.15, 0.2) is 0 Å². The Kier molecular flexibility index (Phi) is 7.09. The minimum atomic E-state index is -3.78. The van der Waals surface area contributed by atoms with Gasteiger partial charge in [-0.15, -0.1) is 0 Å². The zero-order valence-electron chi connectivity index (χ0n) is 17.2. The molecule has 0 spiro atoms. The maximum atomic E-state index is 12.6. The molecule has 9 heteroatoms. The lowest BCUT2D eigenvalue weighted by Crippen LogP contribution is -2.23. The van der Waals surface area contributed by atoms with Gasteiger partial charge in [0.05, 0.1) is 18.6 Å². The molecule has 0 aliphatic carbocycles. The number of rotatable bonds is 9. The van der Waals surface area contributed by atoms with Crippen LogP contribution in [0.1, 0.15) is 22.8 Å². The van der Waals surface area contributed by atoms with Crippen LogP contribution in [0.15, 0.2) is 71.8 Å². The number of aromatic nitrogens is 1. The molecule has 3 aromatic rings. The number of nitrogens with zero attached hydrogens (tertiary/aromatic N) is 1. The van der Waals surface area contributed by atoms with Crippen LogP contribution in [0.4, 0.5) is 5.69 Å². The van der Waals surface area contributed by atoms with E-state index in [1.165, 1.54) is 31.4 Å². The number of nitrogens with one attached hydrogen (secondary N) is 2. The lowest BCUT2D eigenvalue weighted by molar-refractivity contribution is 0.0950. The van der Waals surface area contributed by atoms with E-state index >= 15 is 0 Å². The van der Waals surface area contributed by atoms with Crippen LogP contribution in [0.3, 0.4) is 0 Å². The molecule has 0 fully saturated rings. The van der Waals surface area contributed by atoms with Crippen molar-refractivity contribution >= 4 is 21.6 Å². The van der Waals surface area contributed by atoms with Crippen molar-refractivity contribution in [1.82, 2.24) is 10.3 Å². The van der Waals surface area contributed by atoms with E-state index in [2.05, 4.69) is 15.0 Å². The van der Waals surface area contributed by atoms with Crippen LogP contribution >= 0.6 is 0 Å². The number of hydrogen-bond acceptors (Lipinski definition) is 6. The van der Waals surface area contributed by atoms with E-state index in [1.807, 2.05) is 6.92 Å².